The minimum absolute atomic E-state index is 0.341. The molecule has 0 spiro atoms. The van der Waals surface area contributed by atoms with E-state index in [1.165, 1.54) is 0 Å². The number of nitrogens with zero attached hydrogens (tertiary/aromatic N) is 1. The number of aromatic nitrogens is 2. The topological polar surface area (TPSA) is 106 Å². The van der Waals surface area contributed by atoms with Gasteiger partial charge < -0.3 is 20.3 Å². The molecule has 2 aromatic rings. The molecule has 6 heteroatoms. The van der Waals surface area contributed by atoms with Crippen LogP contribution in [0.5, 0.6) is 0 Å². The van der Waals surface area contributed by atoms with E-state index in [9.17, 15) is 15.0 Å². The maximum atomic E-state index is 10.5. The first-order chi connectivity index (χ1) is 8.59. The molecule has 2 atom stereocenters. The van der Waals surface area contributed by atoms with Crippen molar-refractivity contribution in [2.45, 2.75) is 12.2 Å². The number of aromatic amines is 1. The average molecular weight is 248 g/mol. The lowest BCUT2D eigenvalue weighted by molar-refractivity contribution is -0.153. The first-order valence-electron chi connectivity index (χ1n) is 5.27. The summed E-state index contributed by atoms with van der Waals surface area (Å²) in [6.07, 6.45) is -0.0783. The number of benzene rings is 1. The van der Waals surface area contributed by atoms with Gasteiger partial charge >= 0.3 is 5.97 Å². The van der Waals surface area contributed by atoms with Gasteiger partial charge in [-0.15, -0.1) is 0 Å². The van der Waals surface area contributed by atoms with Gasteiger partial charge in [-0.25, -0.2) is 9.78 Å². The van der Waals surface area contributed by atoms with Gasteiger partial charge in [0.05, 0.1) is 18.2 Å². The smallest absolute Gasteiger partial charge is 0.335 e. The molecule has 0 bridgehead atoms. The normalized spacial score (nSPS) is 14.1. The van der Waals surface area contributed by atoms with Crippen LogP contribution in [-0.2, 0) is 4.79 Å². The second-order valence-electron chi connectivity index (χ2n) is 3.82. The molecule has 0 saturated heterocycles. The molecule has 0 amide bonds. The predicted octanol–water partition coefficient (Wildman–Crippen LogP) is 0.556. The molecule has 1 aromatic heterocycles. The van der Waals surface area contributed by atoms with Crippen LogP contribution in [0, 0.1) is 0 Å². The first kappa shape index (κ1) is 12.3. The van der Waals surface area contributed by atoms with Gasteiger partial charge in [-0.05, 0) is 11.1 Å². The Morgan fingerprint density at radius 1 is 1.22 bits per heavy atom. The molecule has 1 heterocycles. The van der Waals surface area contributed by atoms with Crippen molar-refractivity contribution < 1.29 is 20.1 Å². The fourth-order valence-corrected chi connectivity index (χ4v) is 1.59. The molecule has 0 fully saturated rings. The highest BCUT2D eigenvalue weighted by Gasteiger charge is 2.24. The van der Waals surface area contributed by atoms with Crippen LogP contribution in [0.3, 0.4) is 0 Å². The van der Waals surface area contributed by atoms with E-state index < -0.39 is 18.2 Å². The molecule has 0 saturated carbocycles. The largest absolute Gasteiger partial charge is 0.479 e. The maximum absolute atomic E-state index is 10.5. The highest BCUT2D eigenvalue weighted by Crippen LogP contribution is 2.21. The summed E-state index contributed by atoms with van der Waals surface area (Å²) in [4.78, 5) is 17.4. The van der Waals surface area contributed by atoms with Crippen molar-refractivity contribution in [1.82, 2.24) is 9.97 Å². The van der Waals surface area contributed by atoms with Gasteiger partial charge in [0.15, 0.2) is 6.10 Å². The number of hydrogen-bond donors (Lipinski definition) is 4. The molecule has 6 nitrogen and oxygen atoms in total. The van der Waals surface area contributed by atoms with Gasteiger partial charge in [0.1, 0.15) is 6.10 Å². The number of aliphatic carboxylic acids is 1. The Morgan fingerprint density at radius 3 is 2.39 bits per heavy atom. The summed E-state index contributed by atoms with van der Waals surface area (Å²) in [7, 11) is 0. The van der Waals surface area contributed by atoms with Gasteiger partial charge in [0.25, 0.3) is 0 Å². The monoisotopic (exact) mass is 248 g/mol. The summed E-state index contributed by atoms with van der Waals surface area (Å²) < 4.78 is 0. The van der Waals surface area contributed by atoms with Crippen molar-refractivity contribution in [3.63, 3.8) is 0 Å². The zero-order valence-corrected chi connectivity index (χ0v) is 9.32. The fourth-order valence-electron chi connectivity index (χ4n) is 1.59. The summed E-state index contributed by atoms with van der Waals surface area (Å²) in [5.41, 5.74) is 2.01. The Labute approximate surface area is 103 Å². The lowest BCUT2D eigenvalue weighted by atomic mass is 10.0. The summed E-state index contributed by atoms with van der Waals surface area (Å²) in [5, 5.41) is 27.5. The molecule has 0 radical (unpaired) electrons. The van der Waals surface area contributed by atoms with Crippen molar-refractivity contribution in [1.29, 1.82) is 0 Å². The highest BCUT2D eigenvalue weighted by molar-refractivity contribution is 5.73. The molecule has 2 unspecified atom stereocenters. The lowest BCUT2D eigenvalue weighted by Gasteiger charge is -2.14. The standard InChI is InChI=1S/C12H12N2O4/c15-10(11(16)12(17)18)8-3-1-7(2-4-8)9-5-13-6-14-9/h1-6,10-11,15-16H,(H,13,14)(H,17,18). The molecular weight excluding hydrogens is 236 g/mol. The minimum Gasteiger partial charge on any atom is -0.479 e. The summed E-state index contributed by atoms with van der Waals surface area (Å²) in [5.74, 6) is -1.46. The Morgan fingerprint density at radius 2 is 1.89 bits per heavy atom. The van der Waals surface area contributed by atoms with Gasteiger partial charge in [0, 0.05) is 0 Å². The van der Waals surface area contributed by atoms with Crippen LogP contribution in [0.2, 0.25) is 0 Å². The van der Waals surface area contributed by atoms with Crippen LogP contribution >= 0.6 is 0 Å². The molecule has 18 heavy (non-hydrogen) atoms. The van der Waals surface area contributed by atoms with Gasteiger partial charge in [-0.2, -0.15) is 0 Å². The van der Waals surface area contributed by atoms with E-state index in [0.717, 1.165) is 11.3 Å². The summed E-state index contributed by atoms with van der Waals surface area (Å²) in [6.45, 7) is 0. The third-order valence-corrected chi connectivity index (χ3v) is 2.61. The second-order valence-corrected chi connectivity index (χ2v) is 3.82. The maximum Gasteiger partial charge on any atom is 0.335 e. The number of aliphatic hydroxyl groups is 2. The number of rotatable bonds is 4. The zero-order valence-electron chi connectivity index (χ0n) is 9.32. The summed E-state index contributed by atoms with van der Waals surface area (Å²) in [6, 6.07) is 6.54. The van der Waals surface area contributed by atoms with E-state index in [-0.39, 0.29) is 0 Å². The number of aliphatic hydroxyl groups excluding tert-OH is 2. The Balaban J connectivity index is 2.20. The molecule has 94 valence electrons. The Hall–Kier alpha value is -2.18. The number of carboxylic acid groups (broad SMARTS) is 1. The molecule has 1 aromatic carbocycles. The zero-order chi connectivity index (χ0) is 13.1. The van der Waals surface area contributed by atoms with Gasteiger partial charge in [-0.1, -0.05) is 24.3 Å². The first-order valence-corrected chi connectivity index (χ1v) is 5.27. The van der Waals surface area contributed by atoms with Crippen LogP contribution < -0.4 is 0 Å². The van der Waals surface area contributed by atoms with Crippen molar-refractivity contribution in [3.05, 3.63) is 42.4 Å². The van der Waals surface area contributed by atoms with Crippen LogP contribution in [-0.4, -0.2) is 37.4 Å². The van der Waals surface area contributed by atoms with E-state index in [2.05, 4.69) is 9.97 Å². The number of imidazole rings is 1. The Bertz CT molecular complexity index is 522. The lowest BCUT2D eigenvalue weighted by Crippen LogP contribution is -2.27. The SMILES string of the molecule is O=C(O)C(O)C(O)c1ccc(-c2cnc[nH]2)cc1. The van der Waals surface area contributed by atoms with Gasteiger partial charge in [0.2, 0.25) is 0 Å². The molecule has 4 N–H and O–H groups in total. The molecular formula is C12H12N2O4. The number of carbonyl (C=O) groups is 1. The fraction of sp³-hybridized carbons (Fsp3) is 0.167. The van der Waals surface area contributed by atoms with Crippen molar-refractivity contribution >= 4 is 5.97 Å². The quantitative estimate of drug-likeness (QED) is 0.632. The number of carboxylic acids is 1. The third-order valence-electron chi connectivity index (χ3n) is 2.61. The molecule has 0 aliphatic heterocycles. The van der Waals surface area contributed by atoms with Crippen LogP contribution in [0.25, 0.3) is 11.3 Å². The number of nitrogens with one attached hydrogen (secondary N) is 1. The minimum atomic E-state index is -1.83. The van der Waals surface area contributed by atoms with Crippen LogP contribution in [0.15, 0.2) is 36.8 Å². The van der Waals surface area contributed by atoms with Crippen LogP contribution in [0.4, 0.5) is 0 Å². The van der Waals surface area contributed by atoms with E-state index in [0.29, 0.717) is 5.56 Å². The van der Waals surface area contributed by atoms with Crippen molar-refractivity contribution in [2.75, 3.05) is 0 Å². The molecule has 2 rings (SSSR count). The molecule has 0 aliphatic rings. The highest BCUT2D eigenvalue weighted by atomic mass is 16.4. The van der Waals surface area contributed by atoms with Crippen LogP contribution in [0.1, 0.15) is 11.7 Å². The Kier molecular flexibility index (Phi) is 3.40. The van der Waals surface area contributed by atoms with Crippen molar-refractivity contribution in [3.8, 4) is 11.3 Å². The second kappa shape index (κ2) is 4.99. The van der Waals surface area contributed by atoms with Crippen molar-refractivity contribution in [2.24, 2.45) is 0 Å². The summed E-state index contributed by atoms with van der Waals surface area (Å²) >= 11 is 0. The van der Waals surface area contributed by atoms with E-state index >= 15 is 0 Å². The third kappa shape index (κ3) is 2.39. The van der Waals surface area contributed by atoms with Gasteiger partial charge in [-0.3, -0.25) is 0 Å². The number of hydrogen-bond acceptors (Lipinski definition) is 4. The molecule has 0 aliphatic carbocycles. The predicted molar refractivity (Wildman–Crippen MR) is 62.6 cm³/mol. The van der Waals surface area contributed by atoms with E-state index in [1.54, 1.807) is 36.8 Å². The van der Waals surface area contributed by atoms with E-state index in [1.807, 2.05) is 0 Å². The average Bonchev–Trinajstić information content (AvgIpc) is 2.91. The van der Waals surface area contributed by atoms with E-state index in [4.69, 9.17) is 5.11 Å². The number of H-pyrrole nitrogens is 1.